The molecule has 0 amide bonds. The molecule has 2 heterocycles. The van der Waals surface area contributed by atoms with Gasteiger partial charge in [-0.1, -0.05) is 12.1 Å². The van der Waals surface area contributed by atoms with Crippen LogP contribution in [0.25, 0.3) is 0 Å². The Morgan fingerprint density at radius 1 is 1.05 bits per heavy atom. The number of aromatic nitrogens is 2. The van der Waals surface area contributed by atoms with Crippen molar-refractivity contribution in [2.75, 3.05) is 0 Å². The van der Waals surface area contributed by atoms with E-state index in [4.69, 9.17) is 8.74 Å². The third-order valence-corrected chi connectivity index (χ3v) is 4.18. The summed E-state index contributed by atoms with van der Waals surface area (Å²) in [6.07, 6.45) is 5.76. The zero-order chi connectivity index (χ0) is 16.4. The van der Waals surface area contributed by atoms with Crippen molar-refractivity contribution in [3.8, 4) is 0 Å². The average molecular weight is 324 g/mol. The molecular formula is C14H16N2O5S. The molecule has 2 atom stereocenters. The van der Waals surface area contributed by atoms with Crippen LogP contribution in [-0.4, -0.2) is 28.0 Å². The lowest BCUT2D eigenvalue weighted by Crippen LogP contribution is -2.48. The second kappa shape index (κ2) is 5.73. The van der Waals surface area contributed by atoms with Crippen LogP contribution in [0.15, 0.2) is 49.1 Å². The molecule has 0 bridgehead atoms. The highest BCUT2D eigenvalue weighted by Gasteiger charge is 2.50. The first-order valence-corrected chi connectivity index (χ1v) is 7.75. The molecule has 0 spiro atoms. The maximum Gasteiger partial charge on any atom is 0.398 e. The third kappa shape index (κ3) is 3.14. The summed E-state index contributed by atoms with van der Waals surface area (Å²) in [5.74, 6) is 0. The van der Waals surface area contributed by atoms with Crippen molar-refractivity contribution in [2.24, 2.45) is 0 Å². The second-order valence-corrected chi connectivity index (χ2v) is 6.12. The standard InChI is InChI=1S/C14H16N2O5S/c1-13(17,11-5-3-7-15-9-11)14(2,21-22(18,19)20)12-6-4-8-16-10-12/h3-10,17H,1-2H3,(H,18,19,20)/t13-,14+/m1/s1. The summed E-state index contributed by atoms with van der Waals surface area (Å²) in [7, 11) is -4.83. The van der Waals surface area contributed by atoms with Crippen molar-refractivity contribution >= 4 is 10.4 Å². The van der Waals surface area contributed by atoms with Crippen LogP contribution < -0.4 is 0 Å². The van der Waals surface area contributed by atoms with Crippen LogP contribution in [-0.2, 0) is 25.8 Å². The van der Waals surface area contributed by atoms with Crippen LogP contribution in [0.4, 0.5) is 0 Å². The van der Waals surface area contributed by atoms with Crippen LogP contribution in [0, 0.1) is 0 Å². The van der Waals surface area contributed by atoms with Gasteiger partial charge in [-0.2, -0.15) is 8.42 Å². The minimum atomic E-state index is -4.83. The number of pyridine rings is 2. The smallest absolute Gasteiger partial charge is 0.382 e. The maximum atomic E-state index is 11.3. The van der Waals surface area contributed by atoms with Gasteiger partial charge in [-0.3, -0.25) is 14.5 Å². The van der Waals surface area contributed by atoms with E-state index in [9.17, 15) is 13.5 Å². The van der Waals surface area contributed by atoms with Crippen molar-refractivity contribution < 1.29 is 22.3 Å². The van der Waals surface area contributed by atoms with E-state index in [0.29, 0.717) is 5.56 Å². The van der Waals surface area contributed by atoms with Crippen LogP contribution in [0.1, 0.15) is 25.0 Å². The molecule has 2 N–H and O–H groups in total. The quantitative estimate of drug-likeness (QED) is 0.800. The van der Waals surface area contributed by atoms with E-state index in [1.54, 1.807) is 24.3 Å². The lowest BCUT2D eigenvalue weighted by molar-refractivity contribution is -0.127. The third-order valence-electron chi connectivity index (χ3n) is 3.64. The SMILES string of the molecule is C[C@](OS(=O)(=O)O)(c1cccnc1)[C@](C)(O)c1cccnc1. The Kier molecular flexibility index (Phi) is 4.30. The summed E-state index contributed by atoms with van der Waals surface area (Å²) in [6, 6.07) is 6.29. The van der Waals surface area contributed by atoms with E-state index < -0.39 is 21.6 Å². The summed E-state index contributed by atoms with van der Waals surface area (Å²) < 4.78 is 36.5. The summed E-state index contributed by atoms with van der Waals surface area (Å²) >= 11 is 0. The molecule has 2 rings (SSSR count). The fraction of sp³-hybridized carbons (Fsp3) is 0.286. The lowest BCUT2D eigenvalue weighted by Gasteiger charge is -2.41. The molecule has 2 aromatic heterocycles. The van der Waals surface area contributed by atoms with Gasteiger partial charge in [0.25, 0.3) is 0 Å². The van der Waals surface area contributed by atoms with Gasteiger partial charge in [-0.25, -0.2) is 4.18 Å². The van der Waals surface area contributed by atoms with Gasteiger partial charge in [0.1, 0.15) is 11.2 Å². The molecule has 0 fully saturated rings. The van der Waals surface area contributed by atoms with E-state index in [-0.39, 0.29) is 5.56 Å². The van der Waals surface area contributed by atoms with Crippen LogP contribution >= 0.6 is 0 Å². The predicted molar refractivity (Wildman–Crippen MR) is 78.0 cm³/mol. The maximum absolute atomic E-state index is 11.3. The topological polar surface area (TPSA) is 110 Å². The Morgan fingerprint density at radius 3 is 1.95 bits per heavy atom. The fourth-order valence-corrected chi connectivity index (χ4v) is 2.87. The molecule has 118 valence electrons. The van der Waals surface area contributed by atoms with Crippen LogP contribution in [0.2, 0.25) is 0 Å². The van der Waals surface area contributed by atoms with Crippen molar-refractivity contribution in [2.45, 2.75) is 25.0 Å². The normalized spacial score (nSPS) is 17.5. The largest absolute Gasteiger partial charge is 0.398 e. The molecule has 0 aliphatic carbocycles. The van der Waals surface area contributed by atoms with Crippen molar-refractivity contribution in [3.05, 3.63) is 60.2 Å². The van der Waals surface area contributed by atoms with Gasteiger partial charge in [0.2, 0.25) is 0 Å². The Hall–Kier alpha value is -1.87. The Labute approximate surface area is 128 Å². The summed E-state index contributed by atoms with van der Waals surface area (Å²) in [5, 5.41) is 11.0. The first-order chi connectivity index (χ1) is 10.2. The van der Waals surface area contributed by atoms with E-state index in [1.807, 2.05) is 0 Å². The number of hydrogen-bond donors (Lipinski definition) is 2. The highest BCUT2D eigenvalue weighted by Crippen LogP contribution is 2.43. The molecule has 22 heavy (non-hydrogen) atoms. The molecule has 8 heteroatoms. The molecule has 0 aromatic carbocycles. The zero-order valence-corrected chi connectivity index (χ0v) is 12.9. The van der Waals surface area contributed by atoms with Gasteiger partial charge in [0.05, 0.1) is 0 Å². The average Bonchev–Trinajstić information content (AvgIpc) is 2.47. The van der Waals surface area contributed by atoms with Gasteiger partial charge in [-0.05, 0) is 26.0 Å². The van der Waals surface area contributed by atoms with E-state index in [0.717, 1.165) is 0 Å². The van der Waals surface area contributed by atoms with Crippen LogP contribution in [0.5, 0.6) is 0 Å². The zero-order valence-electron chi connectivity index (χ0n) is 12.0. The highest BCUT2D eigenvalue weighted by atomic mass is 32.3. The number of rotatable bonds is 5. The molecule has 7 nitrogen and oxygen atoms in total. The Bertz CT molecular complexity index is 734. The molecular weight excluding hydrogens is 308 g/mol. The molecule has 0 saturated carbocycles. The first-order valence-electron chi connectivity index (χ1n) is 6.38. The predicted octanol–water partition coefficient (Wildman–Crippen LogP) is 1.42. The summed E-state index contributed by atoms with van der Waals surface area (Å²) in [5.41, 5.74) is -3.01. The molecule has 0 saturated heterocycles. The van der Waals surface area contributed by atoms with Gasteiger partial charge in [0.15, 0.2) is 0 Å². The van der Waals surface area contributed by atoms with Crippen LogP contribution in [0.3, 0.4) is 0 Å². The molecule has 0 radical (unpaired) electrons. The van der Waals surface area contributed by atoms with E-state index >= 15 is 0 Å². The van der Waals surface area contributed by atoms with Gasteiger partial charge in [-0.15, -0.1) is 0 Å². The van der Waals surface area contributed by atoms with E-state index in [2.05, 4.69) is 9.97 Å². The monoisotopic (exact) mass is 324 g/mol. The number of nitrogens with zero attached hydrogens (tertiary/aromatic N) is 2. The first kappa shape index (κ1) is 16.5. The highest BCUT2D eigenvalue weighted by molar-refractivity contribution is 7.80. The number of aliphatic hydroxyl groups is 1. The molecule has 0 aliphatic rings. The summed E-state index contributed by atoms with van der Waals surface area (Å²) in [4.78, 5) is 7.82. The van der Waals surface area contributed by atoms with Gasteiger partial charge in [0, 0.05) is 35.9 Å². The minimum absolute atomic E-state index is 0.279. The lowest BCUT2D eigenvalue weighted by atomic mass is 9.77. The Balaban J connectivity index is 2.63. The molecule has 0 aliphatic heterocycles. The molecule has 0 unspecified atom stereocenters. The van der Waals surface area contributed by atoms with Gasteiger partial charge >= 0.3 is 10.4 Å². The van der Waals surface area contributed by atoms with E-state index in [1.165, 1.54) is 38.6 Å². The number of hydrogen-bond acceptors (Lipinski definition) is 6. The summed E-state index contributed by atoms with van der Waals surface area (Å²) in [6.45, 7) is 2.73. The molecule has 2 aromatic rings. The fourth-order valence-electron chi connectivity index (χ4n) is 2.19. The second-order valence-electron chi connectivity index (χ2n) is 5.10. The van der Waals surface area contributed by atoms with Crippen molar-refractivity contribution in [1.82, 2.24) is 9.97 Å². The minimum Gasteiger partial charge on any atom is -0.382 e. The van der Waals surface area contributed by atoms with Crippen molar-refractivity contribution in [3.63, 3.8) is 0 Å². The van der Waals surface area contributed by atoms with Crippen molar-refractivity contribution in [1.29, 1.82) is 0 Å². The Morgan fingerprint density at radius 2 is 1.55 bits per heavy atom. The van der Waals surface area contributed by atoms with Gasteiger partial charge < -0.3 is 5.11 Å².